The van der Waals surface area contributed by atoms with Gasteiger partial charge in [-0.15, -0.1) is 0 Å². The highest BCUT2D eigenvalue weighted by Crippen LogP contribution is 2.44. The fraction of sp³-hybridized carbons (Fsp3) is 0.536. The van der Waals surface area contributed by atoms with Crippen molar-refractivity contribution in [3.8, 4) is 11.1 Å². The second-order valence-corrected chi connectivity index (χ2v) is 16.0. The predicted octanol–water partition coefficient (Wildman–Crippen LogP) is 4.44. The van der Waals surface area contributed by atoms with Gasteiger partial charge in [-0.2, -0.15) is 0 Å². The maximum Gasteiger partial charge on any atom is 0.508 e. The van der Waals surface area contributed by atoms with E-state index in [2.05, 4.69) is 46.0 Å². The average Bonchev–Trinajstić information content (AvgIpc) is 3.18. The van der Waals surface area contributed by atoms with Gasteiger partial charge in [0.1, 0.15) is 24.9 Å². The lowest BCUT2D eigenvalue weighted by Gasteiger charge is -2.43. The molecular weight excluding hydrogens is 492 g/mol. The summed E-state index contributed by atoms with van der Waals surface area (Å²) in [6.07, 6.45) is -6.93. The van der Waals surface area contributed by atoms with Crippen LogP contribution in [0.2, 0.25) is 18.1 Å². The molecule has 0 saturated carbocycles. The number of fused-ring (bicyclic) bond motifs is 3. The van der Waals surface area contributed by atoms with E-state index < -0.39 is 45.2 Å². The summed E-state index contributed by atoms with van der Waals surface area (Å²) in [5, 5.41) is 21.5. The summed E-state index contributed by atoms with van der Waals surface area (Å²) < 4.78 is 28.3. The number of methoxy groups -OCH3 is 1. The van der Waals surface area contributed by atoms with Crippen molar-refractivity contribution >= 4 is 14.5 Å². The number of hydrogen-bond acceptors (Lipinski definition) is 8. The first-order chi connectivity index (χ1) is 17.4. The van der Waals surface area contributed by atoms with Crippen molar-refractivity contribution in [2.24, 2.45) is 0 Å². The molecule has 0 radical (unpaired) electrons. The van der Waals surface area contributed by atoms with Crippen LogP contribution >= 0.6 is 0 Å². The molecule has 0 amide bonds. The van der Waals surface area contributed by atoms with Crippen LogP contribution in [0.3, 0.4) is 0 Å². The molecule has 5 atom stereocenters. The molecule has 1 aliphatic carbocycles. The highest BCUT2D eigenvalue weighted by molar-refractivity contribution is 6.74. The van der Waals surface area contributed by atoms with Crippen molar-refractivity contribution in [2.75, 3.05) is 20.3 Å². The Labute approximate surface area is 219 Å². The van der Waals surface area contributed by atoms with Gasteiger partial charge in [0.15, 0.2) is 20.7 Å². The third-order valence-electron chi connectivity index (χ3n) is 7.85. The summed E-state index contributed by atoms with van der Waals surface area (Å²) in [6.45, 7) is 10.7. The number of aliphatic hydroxyl groups is 2. The number of ether oxygens (including phenoxy) is 4. The van der Waals surface area contributed by atoms with Crippen molar-refractivity contribution in [3.63, 3.8) is 0 Å². The van der Waals surface area contributed by atoms with Crippen molar-refractivity contribution in [1.82, 2.24) is 0 Å². The average molecular weight is 531 g/mol. The topological polar surface area (TPSA) is 104 Å². The molecule has 2 aromatic carbocycles. The molecule has 1 fully saturated rings. The normalized spacial score (nSPS) is 25.9. The summed E-state index contributed by atoms with van der Waals surface area (Å²) in [7, 11) is -0.725. The van der Waals surface area contributed by atoms with Gasteiger partial charge in [0, 0.05) is 13.0 Å². The van der Waals surface area contributed by atoms with Crippen molar-refractivity contribution < 1.29 is 38.4 Å². The second-order valence-electron chi connectivity index (χ2n) is 11.2. The van der Waals surface area contributed by atoms with E-state index in [1.807, 2.05) is 36.4 Å². The molecule has 1 saturated heterocycles. The van der Waals surface area contributed by atoms with Gasteiger partial charge < -0.3 is 33.6 Å². The van der Waals surface area contributed by atoms with Crippen molar-refractivity contribution in [1.29, 1.82) is 0 Å². The van der Waals surface area contributed by atoms with Crippen LogP contribution in [-0.4, -0.2) is 75.7 Å². The van der Waals surface area contributed by atoms with Crippen molar-refractivity contribution in [2.45, 2.75) is 75.5 Å². The lowest BCUT2D eigenvalue weighted by atomic mass is 9.98. The van der Waals surface area contributed by atoms with Gasteiger partial charge in [0.25, 0.3) is 0 Å². The third-order valence-corrected chi connectivity index (χ3v) is 12.4. The number of benzene rings is 2. The quantitative estimate of drug-likeness (QED) is 0.400. The molecule has 2 aromatic rings. The molecule has 202 valence electrons. The zero-order chi connectivity index (χ0) is 27.0. The molecule has 0 unspecified atom stereocenters. The van der Waals surface area contributed by atoms with Crippen LogP contribution in [0.15, 0.2) is 48.5 Å². The van der Waals surface area contributed by atoms with Crippen LogP contribution in [0.1, 0.15) is 37.8 Å². The molecule has 2 aliphatic rings. The van der Waals surface area contributed by atoms with Crippen LogP contribution in [0, 0.1) is 0 Å². The van der Waals surface area contributed by atoms with Gasteiger partial charge in [-0.3, -0.25) is 0 Å². The molecule has 2 N–H and O–H groups in total. The third kappa shape index (κ3) is 5.62. The van der Waals surface area contributed by atoms with Crippen LogP contribution < -0.4 is 0 Å². The standard InChI is InChI=1S/C28H38O8Si/c1-28(2,3)37(5,6)34-16-22-23(29)24(30)25(26(32-4)35-22)36-27(31)33-15-21-19-13-9-7-11-17(19)18-12-8-10-14-20(18)21/h7-14,21-26,29-30H,15-16H2,1-6H3/t22-,23+,24+,25-,26+/m1/s1. The van der Waals surface area contributed by atoms with E-state index in [9.17, 15) is 15.0 Å². The minimum absolute atomic E-state index is 0.0261. The predicted molar refractivity (Wildman–Crippen MR) is 141 cm³/mol. The molecule has 4 rings (SSSR count). The molecule has 0 spiro atoms. The highest BCUT2D eigenvalue weighted by atomic mass is 28.4. The summed E-state index contributed by atoms with van der Waals surface area (Å²) in [5.41, 5.74) is 4.38. The molecule has 37 heavy (non-hydrogen) atoms. The fourth-order valence-corrected chi connectivity index (χ4v) is 5.62. The first-order valence-electron chi connectivity index (χ1n) is 12.6. The maximum absolute atomic E-state index is 12.7. The lowest BCUT2D eigenvalue weighted by molar-refractivity contribution is -0.295. The Balaban J connectivity index is 1.38. The van der Waals surface area contributed by atoms with Gasteiger partial charge in [-0.1, -0.05) is 69.3 Å². The molecular formula is C28H38O8Si. The van der Waals surface area contributed by atoms with E-state index in [1.165, 1.54) is 7.11 Å². The Morgan fingerprint density at radius 1 is 0.946 bits per heavy atom. The fourth-order valence-electron chi connectivity index (χ4n) is 4.60. The van der Waals surface area contributed by atoms with Gasteiger partial charge in [-0.25, -0.2) is 4.79 Å². The number of carbonyl (C=O) groups excluding carboxylic acids is 1. The van der Waals surface area contributed by atoms with Crippen molar-refractivity contribution in [3.05, 3.63) is 59.7 Å². The zero-order valence-electron chi connectivity index (χ0n) is 22.3. The Morgan fingerprint density at radius 3 is 2.05 bits per heavy atom. The summed E-state index contributed by atoms with van der Waals surface area (Å²) in [4.78, 5) is 12.7. The van der Waals surface area contributed by atoms with Gasteiger partial charge in [0.05, 0.1) is 6.61 Å². The molecule has 1 heterocycles. The summed E-state index contributed by atoms with van der Waals surface area (Å²) in [6, 6.07) is 16.0. The van der Waals surface area contributed by atoms with Gasteiger partial charge >= 0.3 is 6.16 Å². The SMILES string of the molecule is CO[C@H]1O[C@H](CO[Si](C)(C)C(C)(C)C)[C@H](O)[C@H](O)[C@H]1OC(=O)OCC1c2ccccc2-c2ccccc21. The maximum atomic E-state index is 12.7. The zero-order valence-corrected chi connectivity index (χ0v) is 23.3. The summed E-state index contributed by atoms with van der Waals surface area (Å²) in [5.74, 6) is -0.131. The lowest BCUT2D eigenvalue weighted by Crippen LogP contribution is -2.61. The number of hydrogen-bond donors (Lipinski definition) is 2. The van der Waals surface area contributed by atoms with Crippen LogP contribution in [0.5, 0.6) is 0 Å². The van der Waals surface area contributed by atoms with Crippen LogP contribution in [-0.2, 0) is 23.4 Å². The monoisotopic (exact) mass is 530 g/mol. The second kappa shape index (κ2) is 10.8. The largest absolute Gasteiger partial charge is 0.508 e. The number of rotatable bonds is 7. The van der Waals surface area contributed by atoms with E-state index >= 15 is 0 Å². The van der Waals surface area contributed by atoms with E-state index in [4.69, 9.17) is 23.4 Å². The van der Waals surface area contributed by atoms with Crippen LogP contribution in [0.25, 0.3) is 11.1 Å². The molecule has 0 bridgehead atoms. The molecule has 9 heteroatoms. The Kier molecular flexibility index (Phi) is 8.13. The minimum atomic E-state index is -2.11. The van der Waals surface area contributed by atoms with E-state index in [0.717, 1.165) is 22.3 Å². The van der Waals surface area contributed by atoms with E-state index in [-0.39, 0.29) is 24.2 Å². The number of carbonyl (C=O) groups is 1. The summed E-state index contributed by atoms with van der Waals surface area (Å²) >= 11 is 0. The van der Waals surface area contributed by atoms with Crippen LogP contribution in [0.4, 0.5) is 4.79 Å². The molecule has 0 aromatic heterocycles. The molecule has 8 nitrogen and oxygen atoms in total. The molecule has 1 aliphatic heterocycles. The highest BCUT2D eigenvalue weighted by Gasteiger charge is 2.48. The Hall–Kier alpha value is -2.27. The van der Waals surface area contributed by atoms with E-state index in [1.54, 1.807) is 0 Å². The Morgan fingerprint density at radius 2 is 1.51 bits per heavy atom. The van der Waals surface area contributed by atoms with E-state index in [0.29, 0.717) is 0 Å². The first kappa shape index (κ1) is 27.8. The smallest absolute Gasteiger partial charge is 0.433 e. The number of aliphatic hydroxyl groups excluding tert-OH is 2. The minimum Gasteiger partial charge on any atom is -0.433 e. The first-order valence-corrected chi connectivity index (χ1v) is 15.6. The Bertz CT molecular complexity index is 1050. The van der Waals surface area contributed by atoms with Gasteiger partial charge in [-0.05, 0) is 40.4 Å². The van der Waals surface area contributed by atoms with Gasteiger partial charge in [0.2, 0.25) is 0 Å².